The van der Waals surface area contributed by atoms with Gasteiger partial charge in [0, 0.05) is 20.7 Å². The van der Waals surface area contributed by atoms with Gasteiger partial charge in [0.15, 0.2) is 0 Å². The van der Waals surface area contributed by atoms with Crippen LogP contribution in [0.5, 0.6) is 0 Å². The molecular formula is C17H11Cl3N2OS. The molecule has 24 heavy (non-hydrogen) atoms. The Labute approximate surface area is 157 Å². The fraction of sp³-hybridized carbons (Fsp3) is 0.0588. The standard InChI is InChI=1S/C17H11Cl3N2OS/c1-9-2-5-12-14(6-9)24-16(15(12)20)17(23)22-21-8-10-3-4-11(18)7-13(10)19/h2-8H,1H3,(H,22,23). The van der Waals surface area contributed by atoms with Crippen LogP contribution in [0, 0.1) is 6.92 Å². The number of hydrogen-bond donors (Lipinski definition) is 1. The molecule has 122 valence electrons. The highest BCUT2D eigenvalue weighted by Gasteiger charge is 2.16. The van der Waals surface area contributed by atoms with E-state index in [-0.39, 0.29) is 5.91 Å². The van der Waals surface area contributed by atoms with Gasteiger partial charge in [0.05, 0.1) is 16.3 Å². The molecule has 3 aromatic rings. The van der Waals surface area contributed by atoms with Gasteiger partial charge in [-0.2, -0.15) is 5.10 Å². The number of amides is 1. The van der Waals surface area contributed by atoms with Crippen LogP contribution in [0.4, 0.5) is 0 Å². The topological polar surface area (TPSA) is 41.5 Å². The number of hydrazone groups is 1. The van der Waals surface area contributed by atoms with Crippen molar-refractivity contribution in [3.63, 3.8) is 0 Å². The predicted molar refractivity (Wildman–Crippen MR) is 103 cm³/mol. The lowest BCUT2D eigenvalue weighted by Crippen LogP contribution is -2.16. The SMILES string of the molecule is Cc1ccc2c(Cl)c(C(=O)NN=Cc3ccc(Cl)cc3Cl)sc2c1. The minimum absolute atomic E-state index is 0.361. The molecule has 7 heteroatoms. The summed E-state index contributed by atoms with van der Waals surface area (Å²) >= 11 is 19.5. The van der Waals surface area contributed by atoms with Gasteiger partial charge in [-0.3, -0.25) is 4.79 Å². The lowest BCUT2D eigenvalue weighted by molar-refractivity contribution is 0.0959. The number of rotatable bonds is 3. The molecule has 1 heterocycles. The van der Waals surface area contributed by atoms with Crippen LogP contribution in [0.25, 0.3) is 10.1 Å². The van der Waals surface area contributed by atoms with Crippen LogP contribution in [-0.2, 0) is 0 Å². The van der Waals surface area contributed by atoms with E-state index in [1.54, 1.807) is 18.2 Å². The molecule has 2 aromatic carbocycles. The van der Waals surface area contributed by atoms with Gasteiger partial charge < -0.3 is 0 Å². The van der Waals surface area contributed by atoms with Crippen LogP contribution < -0.4 is 5.43 Å². The molecule has 3 nitrogen and oxygen atoms in total. The summed E-state index contributed by atoms with van der Waals surface area (Å²) in [5, 5.41) is 6.22. The van der Waals surface area contributed by atoms with Crippen LogP contribution >= 0.6 is 46.1 Å². The predicted octanol–water partition coefficient (Wildman–Crippen LogP) is 5.93. The molecule has 0 atom stereocenters. The minimum atomic E-state index is -0.361. The summed E-state index contributed by atoms with van der Waals surface area (Å²) < 4.78 is 0.967. The Kier molecular flexibility index (Phi) is 5.11. The summed E-state index contributed by atoms with van der Waals surface area (Å²) in [5.74, 6) is -0.361. The normalized spacial score (nSPS) is 11.3. The van der Waals surface area contributed by atoms with Crippen LogP contribution in [0.3, 0.4) is 0 Å². The fourth-order valence-corrected chi connectivity index (χ4v) is 4.10. The van der Waals surface area contributed by atoms with Gasteiger partial charge in [0.1, 0.15) is 4.88 Å². The zero-order chi connectivity index (χ0) is 17.3. The molecule has 0 spiro atoms. The van der Waals surface area contributed by atoms with E-state index in [1.165, 1.54) is 17.6 Å². The van der Waals surface area contributed by atoms with Crippen molar-refractivity contribution in [2.24, 2.45) is 5.10 Å². The smallest absolute Gasteiger partial charge is 0.266 e. The first kappa shape index (κ1) is 17.2. The summed E-state index contributed by atoms with van der Waals surface area (Å²) in [4.78, 5) is 12.7. The van der Waals surface area contributed by atoms with Crippen LogP contribution in [-0.4, -0.2) is 12.1 Å². The Morgan fingerprint density at radius 2 is 1.96 bits per heavy atom. The van der Waals surface area contributed by atoms with E-state index in [9.17, 15) is 4.79 Å². The lowest BCUT2D eigenvalue weighted by atomic mass is 10.2. The van der Waals surface area contributed by atoms with Crippen LogP contribution in [0.2, 0.25) is 15.1 Å². The van der Waals surface area contributed by atoms with Crippen molar-refractivity contribution in [3.05, 3.63) is 67.5 Å². The highest BCUT2D eigenvalue weighted by atomic mass is 35.5. The third-order valence-corrected chi connectivity index (χ3v) is 5.54. The zero-order valence-corrected chi connectivity index (χ0v) is 15.5. The summed E-state index contributed by atoms with van der Waals surface area (Å²) in [6.07, 6.45) is 1.46. The average molecular weight is 398 g/mol. The molecule has 0 bridgehead atoms. The average Bonchev–Trinajstić information content (AvgIpc) is 2.85. The van der Waals surface area contributed by atoms with E-state index in [0.717, 1.165) is 15.6 Å². The van der Waals surface area contributed by atoms with E-state index >= 15 is 0 Å². The van der Waals surface area contributed by atoms with Crippen molar-refractivity contribution in [3.8, 4) is 0 Å². The van der Waals surface area contributed by atoms with E-state index in [4.69, 9.17) is 34.8 Å². The second kappa shape index (κ2) is 7.11. The third-order valence-electron chi connectivity index (χ3n) is 3.32. The van der Waals surface area contributed by atoms with Crippen molar-refractivity contribution in [2.75, 3.05) is 0 Å². The van der Waals surface area contributed by atoms with Crippen molar-refractivity contribution in [2.45, 2.75) is 6.92 Å². The second-order valence-corrected chi connectivity index (χ2v) is 7.38. The Hall–Kier alpha value is -1.59. The van der Waals surface area contributed by atoms with Gasteiger partial charge in [-0.25, -0.2) is 5.43 Å². The minimum Gasteiger partial charge on any atom is -0.266 e. The Morgan fingerprint density at radius 1 is 1.17 bits per heavy atom. The van der Waals surface area contributed by atoms with Crippen molar-refractivity contribution in [1.82, 2.24) is 5.43 Å². The van der Waals surface area contributed by atoms with Gasteiger partial charge >= 0.3 is 0 Å². The van der Waals surface area contributed by atoms with Crippen molar-refractivity contribution >= 4 is 68.3 Å². The van der Waals surface area contributed by atoms with Crippen LogP contribution in [0.15, 0.2) is 41.5 Å². The Morgan fingerprint density at radius 3 is 2.71 bits per heavy atom. The number of thiophene rings is 1. The Balaban J connectivity index is 1.80. The number of benzene rings is 2. The molecule has 1 N–H and O–H groups in total. The molecule has 0 saturated heterocycles. The number of nitrogens with zero attached hydrogens (tertiary/aromatic N) is 1. The number of fused-ring (bicyclic) bond motifs is 1. The molecule has 0 unspecified atom stereocenters. The van der Waals surface area contributed by atoms with E-state index < -0.39 is 0 Å². The fourth-order valence-electron chi connectivity index (χ4n) is 2.14. The summed E-state index contributed by atoms with van der Waals surface area (Å²) in [6.45, 7) is 1.99. The summed E-state index contributed by atoms with van der Waals surface area (Å²) in [6, 6.07) is 10.9. The maximum atomic E-state index is 12.3. The van der Waals surface area contributed by atoms with Gasteiger partial charge in [-0.15, -0.1) is 11.3 Å². The zero-order valence-electron chi connectivity index (χ0n) is 12.4. The van der Waals surface area contributed by atoms with E-state index in [1.807, 2.05) is 25.1 Å². The van der Waals surface area contributed by atoms with Gasteiger partial charge in [0.2, 0.25) is 0 Å². The number of halogens is 3. The molecule has 0 aliphatic heterocycles. The van der Waals surface area contributed by atoms with E-state index in [2.05, 4.69) is 10.5 Å². The van der Waals surface area contributed by atoms with Gasteiger partial charge in [-0.1, -0.05) is 53.0 Å². The first-order valence-electron chi connectivity index (χ1n) is 6.93. The lowest BCUT2D eigenvalue weighted by Gasteiger charge is -1.99. The number of aryl methyl sites for hydroxylation is 1. The van der Waals surface area contributed by atoms with Crippen molar-refractivity contribution in [1.29, 1.82) is 0 Å². The van der Waals surface area contributed by atoms with E-state index in [0.29, 0.717) is 25.5 Å². The number of hydrogen-bond acceptors (Lipinski definition) is 3. The molecule has 0 fully saturated rings. The quantitative estimate of drug-likeness (QED) is 0.431. The molecule has 0 aliphatic carbocycles. The first-order valence-corrected chi connectivity index (χ1v) is 8.88. The van der Waals surface area contributed by atoms with Gasteiger partial charge in [-0.05, 0) is 30.7 Å². The highest BCUT2D eigenvalue weighted by molar-refractivity contribution is 7.21. The van der Waals surface area contributed by atoms with Crippen LogP contribution in [0.1, 0.15) is 20.8 Å². The second-order valence-electron chi connectivity index (χ2n) is 5.11. The number of carbonyl (C=O) groups excluding carboxylic acids is 1. The molecule has 0 saturated carbocycles. The maximum absolute atomic E-state index is 12.3. The number of carbonyl (C=O) groups is 1. The molecule has 1 amide bonds. The summed E-state index contributed by atoms with van der Waals surface area (Å²) in [5.41, 5.74) is 4.24. The molecule has 3 rings (SSSR count). The monoisotopic (exact) mass is 396 g/mol. The maximum Gasteiger partial charge on any atom is 0.283 e. The van der Waals surface area contributed by atoms with Crippen molar-refractivity contribution < 1.29 is 4.79 Å². The first-order chi connectivity index (χ1) is 11.5. The Bertz CT molecular complexity index is 966. The number of nitrogens with one attached hydrogen (secondary N) is 1. The molecular weight excluding hydrogens is 387 g/mol. The molecule has 1 aromatic heterocycles. The van der Waals surface area contributed by atoms with Gasteiger partial charge in [0.25, 0.3) is 5.91 Å². The molecule has 0 aliphatic rings. The summed E-state index contributed by atoms with van der Waals surface area (Å²) in [7, 11) is 0. The highest BCUT2D eigenvalue weighted by Crippen LogP contribution is 2.35. The third kappa shape index (κ3) is 3.57. The largest absolute Gasteiger partial charge is 0.283 e. The molecule has 0 radical (unpaired) electrons.